The quantitative estimate of drug-likeness (QED) is 0.0423. The van der Waals surface area contributed by atoms with Crippen LogP contribution in [0.2, 0.25) is 0 Å². The molecule has 1 aliphatic carbocycles. The second-order valence-electron chi connectivity index (χ2n) is 15.2. The Bertz CT molecular complexity index is 1640. The molecule has 0 radical (unpaired) electrons. The van der Waals surface area contributed by atoms with Crippen LogP contribution in [-0.4, -0.2) is 139 Å². The predicted molar refractivity (Wildman–Crippen MR) is 222 cm³/mol. The van der Waals surface area contributed by atoms with Gasteiger partial charge >= 0.3 is 0 Å². The van der Waals surface area contributed by atoms with E-state index in [0.717, 1.165) is 93.4 Å². The van der Waals surface area contributed by atoms with Crippen molar-refractivity contribution in [2.24, 2.45) is 5.73 Å². The number of aromatic nitrogens is 5. The number of hydrogen-bond donors (Lipinski definition) is 10. The monoisotopic (exact) mass is 813 g/mol. The van der Waals surface area contributed by atoms with Gasteiger partial charge in [-0.25, -0.2) is 4.98 Å². The highest BCUT2D eigenvalue weighted by atomic mass is 31.2. The lowest BCUT2D eigenvalue weighted by molar-refractivity contribution is -0.123. The standard InChI is InChI=1S/C38H64N13O5P/c39-33(37(54)42-19-23-57(55)56)12-13-35(53)43-25-31(52)27-50-21-14-29(15-22-50)45-36-32-10-4-5-11-34(32)46-38(47-36)44-24-30-26-51(49-48-30)20-7-17-40-16-6-18-41-28-8-2-1-3-9-28/h4-5,10-11,26,28-29,31,33,40-41,52,55-56H,1-3,6-9,12-25,27,39H2,(H,42,54)(H,43,53)(H2,44,45,46,47)/t31-,33+/m1/s1. The number of fused-ring (bicyclic) bond motifs is 1. The van der Waals surface area contributed by atoms with Gasteiger partial charge in [-0.05, 0) is 76.7 Å². The molecule has 2 fully saturated rings. The lowest BCUT2D eigenvalue weighted by atomic mass is 9.95. The molecule has 2 aliphatic rings. The van der Waals surface area contributed by atoms with Crippen LogP contribution in [0.1, 0.15) is 76.3 Å². The van der Waals surface area contributed by atoms with Crippen LogP contribution in [0, 0.1) is 0 Å². The third-order valence-corrected chi connectivity index (χ3v) is 11.1. The Labute approximate surface area is 336 Å². The first-order chi connectivity index (χ1) is 27.7. The Morgan fingerprint density at radius 1 is 0.947 bits per heavy atom. The Morgan fingerprint density at radius 3 is 2.54 bits per heavy atom. The molecule has 11 N–H and O–H groups in total. The molecule has 3 heterocycles. The van der Waals surface area contributed by atoms with Gasteiger partial charge in [-0.2, -0.15) is 4.98 Å². The molecule has 3 aromatic rings. The molecule has 316 valence electrons. The van der Waals surface area contributed by atoms with Gasteiger partial charge in [-0.1, -0.05) is 36.6 Å². The molecular formula is C38H64N13O5P. The van der Waals surface area contributed by atoms with Crippen LogP contribution in [0.5, 0.6) is 0 Å². The predicted octanol–water partition coefficient (Wildman–Crippen LogP) is 0.999. The van der Waals surface area contributed by atoms with E-state index in [1.54, 1.807) is 0 Å². The number of aliphatic hydroxyl groups is 1. The summed E-state index contributed by atoms with van der Waals surface area (Å²) >= 11 is 0. The minimum atomic E-state index is -2.08. The molecule has 0 unspecified atom stereocenters. The van der Waals surface area contributed by atoms with Crippen LogP contribution < -0.4 is 37.6 Å². The summed E-state index contributed by atoms with van der Waals surface area (Å²) in [5.41, 5.74) is 7.50. The zero-order valence-corrected chi connectivity index (χ0v) is 34.0. The number of nitrogens with one attached hydrogen (secondary N) is 6. The van der Waals surface area contributed by atoms with Crippen molar-refractivity contribution in [2.45, 2.75) is 108 Å². The van der Waals surface area contributed by atoms with Gasteiger partial charge in [0, 0.05) is 69.3 Å². The Kier molecular flexibility index (Phi) is 19.0. The van der Waals surface area contributed by atoms with Gasteiger partial charge < -0.3 is 57.4 Å². The number of benzene rings is 1. The largest absolute Gasteiger partial charge is 0.390 e. The van der Waals surface area contributed by atoms with Crippen molar-refractivity contribution in [1.82, 2.24) is 51.1 Å². The number of aliphatic hydroxyl groups excluding tert-OH is 1. The number of aryl methyl sites for hydroxylation is 1. The third kappa shape index (κ3) is 16.3. The molecule has 5 rings (SSSR count). The van der Waals surface area contributed by atoms with Gasteiger partial charge in [0.1, 0.15) is 11.5 Å². The number of hydrogen-bond acceptors (Lipinski definition) is 15. The fourth-order valence-electron chi connectivity index (χ4n) is 7.25. The second kappa shape index (κ2) is 24.3. The van der Waals surface area contributed by atoms with E-state index in [2.05, 4.69) is 47.1 Å². The molecule has 57 heavy (non-hydrogen) atoms. The van der Waals surface area contributed by atoms with Crippen molar-refractivity contribution in [3.63, 3.8) is 0 Å². The highest BCUT2D eigenvalue weighted by Gasteiger charge is 2.23. The summed E-state index contributed by atoms with van der Waals surface area (Å²) in [7, 11) is -2.08. The minimum absolute atomic E-state index is 0.0403. The molecular weight excluding hydrogens is 749 g/mol. The number of amides is 2. The van der Waals surface area contributed by atoms with E-state index in [4.69, 9.17) is 25.5 Å². The molecule has 2 aromatic heterocycles. The van der Waals surface area contributed by atoms with Gasteiger partial charge in [0.2, 0.25) is 17.8 Å². The molecule has 0 bridgehead atoms. The first-order valence-corrected chi connectivity index (χ1v) is 22.1. The van der Waals surface area contributed by atoms with Crippen molar-refractivity contribution >= 4 is 42.9 Å². The summed E-state index contributed by atoms with van der Waals surface area (Å²) < 4.78 is 1.89. The van der Waals surface area contributed by atoms with Gasteiger partial charge in [0.05, 0.1) is 30.4 Å². The maximum absolute atomic E-state index is 12.3. The topological polar surface area (TPSA) is 253 Å². The summed E-state index contributed by atoms with van der Waals surface area (Å²) in [5.74, 6) is 0.540. The van der Waals surface area contributed by atoms with Crippen molar-refractivity contribution in [2.75, 3.05) is 69.2 Å². The van der Waals surface area contributed by atoms with Crippen LogP contribution in [0.25, 0.3) is 10.9 Å². The van der Waals surface area contributed by atoms with Crippen molar-refractivity contribution in [3.8, 4) is 0 Å². The van der Waals surface area contributed by atoms with E-state index in [1.807, 2.05) is 35.1 Å². The maximum Gasteiger partial charge on any atom is 0.236 e. The van der Waals surface area contributed by atoms with Crippen LogP contribution in [-0.2, 0) is 22.7 Å². The molecule has 18 nitrogen and oxygen atoms in total. The van der Waals surface area contributed by atoms with E-state index in [0.29, 0.717) is 19.0 Å². The van der Waals surface area contributed by atoms with Crippen LogP contribution in [0.15, 0.2) is 30.5 Å². The Hall–Kier alpha value is -3.61. The van der Waals surface area contributed by atoms with Crippen LogP contribution >= 0.6 is 8.38 Å². The number of β-amino-alcohol motifs (C(OH)–C–C–N with tert-alkyl or cyclic N) is 1. The number of para-hydroxylation sites is 1. The van der Waals surface area contributed by atoms with E-state index in [-0.39, 0.29) is 44.0 Å². The zero-order chi connectivity index (χ0) is 40.2. The number of nitrogens with two attached hydrogens (primary N) is 1. The molecule has 0 spiro atoms. The van der Waals surface area contributed by atoms with Gasteiger partial charge in [-0.15, -0.1) is 5.10 Å². The maximum atomic E-state index is 12.3. The Morgan fingerprint density at radius 2 is 1.74 bits per heavy atom. The first-order valence-electron chi connectivity index (χ1n) is 20.7. The average Bonchev–Trinajstić information content (AvgIpc) is 3.68. The first kappa shape index (κ1) is 44.5. The number of carbonyl (C=O) groups excluding carboxylic acids is 2. The number of likely N-dealkylation sites (tertiary alicyclic amines) is 1. The third-order valence-electron chi connectivity index (χ3n) is 10.5. The number of nitrogens with zero attached hydrogens (tertiary/aromatic N) is 6. The summed E-state index contributed by atoms with van der Waals surface area (Å²) in [6, 6.07) is 7.97. The fourth-order valence-corrected chi connectivity index (χ4v) is 7.56. The van der Waals surface area contributed by atoms with Crippen molar-refractivity contribution < 1.29 is 24.5 Å². The number of carbonyl (C=O) groups is 2. The number of piperidine rings is 1. The zero-order valence-electron chi connectivity index (χ0n) is 33.1. The average molecular weight is 814 g/mol. The summed E-state index contributed by atoms with van der Waals surface area (Å²) in [6.07, 6.45) is 12.1. The summed E-state index contributed by atoms with van der Waals surface area (Å²) in [4.78, 5) is 54.0. The van der Waals surface area contributed by atoms with Gasteiger partial charge in [0.25, 0.3) is 0 Å². The van der Waals surface area contributed by atoms with Gasteiger partial charge in [-0.3, -0.25) is 14.3 Å². The molecule has 1 saturated heterocycles. The van der Waals surface area contributed by atoms with Gasteiger partial charge in [0.15, 0.2) is 8.38 Å². The molecule has 2 atom stereocenters. The van der Waals surface area contributed by atoms with Crippen molar-refractivity contribution in [3.05, 3.63) is 36.2 Å². The summed E-state index contributed by atoms with van der Waals surface area (Å²) in [6.45, 7) is 6.50. The van der Waals surface area contributed by atoms with E-state index >= 15 is 0 Å². The van der Waals surface area contributed by atoms with E-state index in [9.17, 15) is 14.7 Å². The lowest BCUT2D eigenvalue weighted by Crippen LogP contribution is -2.45. The molecule has 2 amide bonds. The molecule has 1 aliphatic heterocycles. The fraction of sp³-hybridized carbons (Fsp3) is 0.684. The van der Waals surface area contributed by atoms with Crippen LogP contribution in [0.4, 0.5) is 11.8 Å². The van der Waals surface area contributed by atoms with E-state index < -0.39 is 26.4 Å². The summed E-state index contributed by atoms with van der Waals surface area (Å²) in [5, 5.41) is 39.7. The number of anilines is 2. The second-order valence-corrected chi connectivity index (χ2v) is 16.4. The molecule has 1 saturated carbocycles. The number of rotatable bonds is 25. The highest BCUT2D eigenvalue weighted by Crippen LogP contribution is 2.25. The lowest BCUT2D eigenvalue weighted by Gasteiger charge is -2.34. The Balaban J connectivity index is 0.973. The highest BCUT2D eigenvalue weighted by molar-refractivity contribution is 7.45. The van der Waals surface area contributed by atoms with Crippen molar-refractivity contribution in [1.29, 1.82) is 0 Å². The van der Waals surface area contributed by atoms with Crippen LogP contribution in [0.3, 0.4) is 0 Å². The minimum Gasteiger partial charge on any atom is -0.390 e. The molecule has 19 heteroatoms. The SMILES string of the molecule is N[C@@H](CCC(=O)NC[C@@H](O)CN1CCC(Nc2nc(NCc3cn(CCCNCCCNC4CCCCC4)nn3)nc3ccccc23)CC1)C(=O)NCCP(O)O. The molecule has 1 aromatic carbocycles. The smallest absolute Gasteiger partial charge is 0.236 e. The normalized spacial score (nSPS) is 16.8. The van der Waals surface area contributed by atoms with E-state index in [1.165, 1.54) is 32.1 Å².